The Morgan fingerprint density at radius 1 is 1.00 bits per heavy atom. The monoisotopic (exact) mass is 340 g/mol. The molecular weight excluding hydrogens is 300 g/mol. The van der Waals surface area contributed by atoms with Gasteiger partial charge in [0.2, 0.25) is 5.91 Å². The highest BCUT2D eigenvalue weighted by molar-refractivity contribution is 5.75. The van der Waals surface area contributed by atoms with Gasteiger partial charge in [0, 0.05) is 26.1 Å². The van der Waals surface area contributed by atoms with E-state index in [4.69, 9.17) is 5.11 Å². The number of nitrogens with one attached hydrogen (secondary N) is 1. The van der Waals surface area contributed by atoms with Gasteiger partial charge < -0.3 is 10.4 Å². The van der Waals surface area contributed by atoms with Crippen molar-refractivity contribution < 1.29 is 9.90 Å². The van der Waals surface area contributed by atoms with E-state index in [1.807, 2.05) is 6.08 Å². The van der Waals surface area contributed by atoms with Crippen molar-refractivity contribution in [2.24, 2.45) is 0 Å². The van der Waals surface area contributed by atoms with Crippen LogP contribution >= 0.6 is 0 Å². The van der Waals surface area contributed by atoms with Crippen LogP contribution in [0.15, 0.2) is 12.7 Å². The first-order chi connectivity index (χ1) is 11.7. The fraction of sp³-hybridized carbons (Fsp3) is 0.850. The number of hydrogen-bond donors (Lipinski definition) is 2. The molecule has 0 unspecified atom stereocenters. The summed E-state index contributed by atoms with van der Waals surface area (Å²) < 4.78 is 0. The van der Waals surface area contributed by atoms with Gasteiger partial charge in [0.1, 0.15) is 0 Å². The predicted molar refractivity (Wildman–Crippen MR) is 103 cm³/mol. The highest BCUT2D eigenvalue weighted by Gasteiger charge is 2.06. The Morgan fingerprint density at radius 3 is 2.42 bits per heavy atom. The first-order valence-electron chi connectivity index (χ1n) is 9.95. The van der Waals surface area contributed by atoms with Crippen LogP contribution in [0.2, 0.25) is 0 Å². The molecule has 0 spiro atoms. The van der Waals surface area contributed by atoms with Crippen LogP contribution in [-0.2, 0) is 4.79 Å². The topological polar surface area (TPSA) is 52.6 Å². The van der Waals surface area contributed by atoms with Crippen LogP contribution in [0.1, 0.15) is 77.6 Å². The van der Waals surface area contributed by atoms with E-state index in [9.17, 15) is 4.79 Å². The third kappa shape index (κ3) is 16.0. The first kappa shape index (κ1) is 23.1. The van der Waals surface area contributed by atoms with Crippen molar-refractivity contribution in [3.05, 3.63) is 12.7 Å². The summed E-state index contributed by atoms with van der Waals surface area (Å²) in [5.41, 5.74) is 0. The number of aliphatic hydroxyl groups excluding tert-OH is 1. The lowest BCUT2D eigenvalue weighted by atomic mass is 10.1. The molecule has 2 N–H and O–H groups in total. The van der Waals surface area contributed by atoms with Gasteiger partial charge in [-0.15, -0.1) is 6.58 Å². The minimum atomic E-state index is 0.150. The summed E-state index contributed by atoms with van der Waals surface area (Å²) in [6, 6.07) is 0. The fourth-order valence-corrected chi connectivity index (χ4v) is 2.79. The Bertz CT molecular complexity index is 295. The predicted octanol–water partition coefficient (Wildman–Crippen LogP) is 3.89. The van der Waals surface area contributed by atoms with Crippen molar-refractivity contribution in [2.75, 3.05) is 32.8 Å². The van der Waals surface area contributed by atoms with Gasteiger partial charge in [0.25, 0.3) is 0 Å². The summed E-state index contributed by atoms with van der Waals surface area (Å²) in [6.07, 6.45) is 14.5. The smallest absolute Gasteiger partial charge is 0.220 e. The zero-order valence-electron chi connectivity index (χ0n) is 15.9. The number of amides is 1. The lowest BCUT2D eigenvalue weighted by molar-refractivity contribution is -0.121. The van der Waals surface area contributed by atoms with Crippen LogP contribution in [0.25, 0.3) is 0 Å². The van der Waals surface area contributed by atoms with Crippen molar-refractivity contribution in [1.29, 1.82) is 0 Å². The number of unbranched alkanes of at least 4 members (excludes halogenated alkanes) is 8. The Kier molecular flexibility index (Phi) is 17.8. The molecule has 0 aromatic rings. The molecule has 0 aliphatic heterocycles. The molecule has 142 valence electrons. The van der Waals surface area contributed by atoms with Gasteiger partial charge in [-0.25, -0.2) is 0 Å². The number of aliphatic hydroxyl groups is 1. The van der Waals surface area contributed by atoms with Gasteiger partial charge in [-0.1, -0.05) is 51.5 Å². The molecule has 0 saturated heterocycles. The van der Waals surface area contributed by atoms with E-state index >= 15 is 0 Å². The second kappa shape index (κ2) is 18.5. The number of hydrogen-bond acceptors (Lipinski definition) is 3. The number of rotatable bonds is 18. The van der Waals surface area contributed by atoms with Crippen LogP contribution in [0.4, 0.5) is 0 Å². The van der Waals surface area contributed by atoms with E-state index in [0.29, 0.717) is 19.5 Å². The number of allylic oxidation sites excluding steroid dienone is 1. The average Bonchev–Trinajstić information content (AvgIpc) is 2.57. The van der Waals surface area contributed by atoms with E-state index in [2.05, 4.69) is 23.7 Å². The van der Waals surface area contributed by atoms with E-state index in [1.54, 1.807) is 0 Å². The minimum Gasteiger partial charge on any atom is -0.395 e. The van der Waals surface area contributed by atoms with Crippen LogP contribution in [0.3, 0.4) is 0 Å². The van der Waals surface area contributed by atoms with Crippen molar-refractivity contribution in [1.82, 2.24) is 10.2 Å². The minimum absolute atomic E-state index is 0.150. The molecule has 0 fully saturated rings. The Balaban J connectivity index is 3.64. The van der Waals surface area contributed by atoms with E-state index in [0.717, 1.165) is 38.8 Å². The third-order valence-electron chi connectivity index (χ3n) is 4.31. The Morgan fingerprint density at radius 2 is 1.71 bits per heavy atom. The Hall–Kier alpha value is -0.870. The molecule has 4 nitrogen and oxygen atoms in total. The largest absolute Gasteiger partial charge is 0.395 e. The highest BCUT2D eigenvalue weighted by atomic mass is 16.3. The zero-order chi connectivity index (χ0) is 17.9. The maximum Gasteiger partial charge on any atom is 0.220 e. The normalized spacial score (nSPS) is 11.0. The molecule has 0 radical (unpaired) electrons. The molecule has 0 aromatic carbocycles. The maximum absolute atomic E-state index is 11.8. The van der Waals surface area contributed by atoms with Gasteiger partial charge in [-0.3, -0.25) is 9.69 Å². The third-order valence-corrected chi connectivity index (χ3v) is 4.31. The van der Waals surface area contributed by atoms with Crippen LogP contribution in [0.5, 0.6) is 0 Å². The molecule has 1 amide bonds. The molecule has 0 aliphatic carbocycles. The molecule has 0 atom stereocenters. The van der Waals surface area contributed by atoms with E-state index in [-0.39, 0.29) is 12.5 Å². The summed E-state index contributed by atoms with van der Waals surface area (Å²) in [6.45, 7) is 9.36. The molecule has 0 saturated carbocycles. The number of carbonyl (C=O) groups excluding carboxylic acids is 1. The summed E-state index contributed by atoms with van der Waals surface area (Å²) in [5.74, 6) is 0.150. The Labute approximate surface area is 149 Å². The fourth-order valence-electron chi connectivity index (χ4n) is 2.79. The van der Waals surface area contributed by atoms with E-state index < -0.39 is 0 Å². The van der Waals surface area contributed by atoms with Crippen molar-refractivity contribution in [3.8, 4) is 0 Å². The lowest BCUT2D eigenvalue weighted by Gasteiger charge is -2.21. The van der Waals surface area contributed by atoms with Crippen LogP contribution in [0, 0.1) is 0 Å². The van der Waals surface area contributed by atoms with Crippen molar-refractivity contribution in [3.63, 3.8) is 0 Å². The lowest BCUT2D eigenvalue weighted by Crippen LogP contribution is -2.36. The number of carbonyl (C=O) groups is 1. The summed E-state index contributed by atoms with van der Waals surface area (Å²) >= 11 is 0. The summed E-state index contributed by atoms with van der Waals surface area (Å²) in [4.78, 5) is 14.0. The molecule has 4 heteroatoms. The molecular formula is C20H40N2O2. The highest BCUT2D eigenvalue weighted by Crippen LogP contribution is 2.06. The molecule has 0 bridgehead atoms. The molecule has 0 rings (SSSR count). The van der Waals surface area contributed by atoms with Gasteiger partial charge in [-0.05, 0) is 32.2 Å². The van der Waals surface area contributed by atoms with Crippen molar-refractivity contribution in [2.45, 2.75) is 77.6 Å². The second-order valence-corrected chi connectivity index (χ2v) is 6.57. The summed E-state index contributed by atoms with van der Waals surface area (Å²) in [5, 5.41) is 12.2. The standard InChI is InChI=1S/C20H40N2O2/c1-3-5-7-9-11-13-16-22(18-19-23)17-15-21-20(24)14-12-10-8-6-4-2/h4,23H,2-3,5-19H2,1H3,(H,21,24). The van der Waals surface area contributed by atoms with Crippen LogP contribution < -0.4 is 5.32 Å². The van der Waals surface area contributed by atoms with Crippen molar-refractivity contribution >= 4 is 5.91 Å². The second-order valence-electron chi connectivity index (χ2n) is 6.57. The van der Waals surface area contributed by atoms with Crippen LogP contribution in [-0.4, -0.2) is 48.7 Å². The average molecular weight is 341 g/mol. The molecule has 0 aromatic heterocycles. The van der Waals surface area contributed by atoms with E-state index in [1.165, 1.54) is 38.5 Å². The van der Waals surface area contributed by atoms with Gasteiger partial charge in [0.15, 0.2) is 0 Å². The maximum atomic E-state index is 11.8. The zero-order valence-corrected chi connectivity index (χ0v) is 15.9. The number of nitrogens with zero attached hydrogens (tertiary/aromatic N) is 1. The van der Waals surface area contributed by atoms with Gasteiger partial charge >= 0.3 is 0 Å². The molecule has 0 heterocycles. The molecule has 0 aliphatic rings. The summed E-state index contributed by atoms with van der Waals surface area (Å²) in [7, 11) is 0. The van der Waals surface area contributed by atoms with Gasteiger partial charge in [-0.2, -0.15) is 0 Å². The SMILES string of the molecule is C=CCCCCCC(=O)NCCN(CCO)CCCCCCCC. The van der Waals surface area contributed by atoms with Gasteiger partial charge in [0.05, 0.1) is 6.61 Å². The quantitative estimate of drug-likeness (QED) is 0.294. The first-order valence-corrected chi connectivity index (χ1v) is 9.95. The molecule has 24 heavy (non-hydrogen) atoms.